The smallest absolute Gasteiger partial charge is 0.329 e. The van der Waals surface area contributed by atoms with Crippen LogP contribution in [0.5, 0.6) is 17.2 Å². The highest BCUT2D eigenvalue weighted by atomic mass is 16.7. The van der Waals surface area contributed by atoms with Crippen LogP contribution in [0, 0.1) is 23.7 Å². The molecule has 0 aromatic heterocycles. The van der Waals surface area contributed by atoms with Crippen LogP contribution >= 0.6 is 0 Å². The highest BCUT2D eigenvalue weighted by Crippen LogP contribution is 2.66. The molecule has 82 heavy (non-hydrogen) atoms. The Bertz CT molecular complexity index is 3380. The Hall–Kier alpha value is -8.53. The van der Waals surface area contributed by atoms with Gasteiger partial charge in [-0.3, -0.25) is 29.1 Å². The fraction of sp³-hybridized carbons (Fsp3) is 0.338. The molecule has 2 N–H and O–H groups in total. The average Bonchev–Trinajstić information content (AvgIpc) is 2.12. The van der Waals surface area contributed by atoms with Crippen molar-refractivity contribution in [1.29, 1.82) is 0 Å². The molecule has 0 saturated carbocycles. The summed E-state index contributed by atoms with van der Waals surface area (Å²) >= 11 is 0. The predicted octanol–water partition coefficient (Wildman–Crippen LogP) is 7.19. The van der Waals surface area contributed by atoms with Crippen molar-refractivity contribution in [3.05, 3.63) is 191 Å². The second kappa shape index (κ2) is 23.9. The number of aliphatic hydroxyl groups excluding tert-OH is 1. The number of benzene rings is 6. The van der Waals surface area contributed by atoms with Crippen molar-refractivity contribution in [2.75, 3.05) is 71.8 Å². The molecular weight excluding hydrogens is 1040 g/mol. The van der Waals surface area contributed by atoms with Gasteiger partial charge in [-0.25, -0.2) is 14.5 Å². The van der Waals surface area contributed by atoms with E-state index in [0.29, 0.717) is 72.2 Å². The maximum Gasteiger partial charge on any atom is 0.329 e. The van der Waals surface area contributed by atoms with Gasteiger partial charge in [0.1, 0.15) is 36.0 Å². The maximum absolute atomic E-state index is 17.1. The van der Waals surface area contributed by atoms with Crippen molar-refractivity contribution in [2.24, 2.45) is 11.8 Å². The highest BCUT2D eigenvalue weighted by Gasteiger charge is 2.76. The zero-order valence-electron chi connectivity index (χ0n) is 46.3. The number of piperazine rings is 1. The summed E-state index contributed by atoms with van der Waals surface area (Å²) in [5, 5.41) is 12.6. The number of fused-ring (bicyclic) bond motifs is 4. The van der Waals surface area contributed by atoms with Crippen molar-refractivity contribution >= 4 is 35.5 Å². The monoisotopic (exact) mass is 1110 g/mol. The number of urea groups is 1. The lowest BCUT2D eigenvalue weighted by Crippen LogP contribution is -2.59. The van der Waals surface area contributed by atoms with Crippen LogP contribution < -0.4 is 24.4 Å². The summed E-state index contributed by atoms with van der Waals surface area (Å²) in [5.41, 5.74) is 2.97. The Kier molecular flexibility index (Phi) is 16.1. The van der Waals surface area contributed by atoms with Crippen LogP contribution in [0.3, 0.4) is 0 Å². The van der Waals surface area contributed by atoms with Crippen molar-refractivity contribution in [3.63, 3.8) is 0 Å². The van der Waals surface area contributed by atoms with Gasteiger partial charge in [0.05, 0.1) is 44.0 Å². The number of carbonyl (C=O) groups is 5. The number of aliphatic hydroxyl groups is 1. The van der Waals surface area contributed by atoms with Crippen molar-refractivity contribution in [1.82, 2.24) is 24.9 Å². The molecule has 17 nitrogen and oxygen atoms in total. The van der Waals surface area contributed by atoms with E-state index in [0.717, 1.165) is 21.6 Å². The molecule has 5 aliphatic rings. The molecule has 3 fully saturated rings. The van der Waals surface area contributed by atoms with Gasteiger partial charge in [0.15, 0.2) is 11.5 Å². The van der Waals surface area contributed by atoms with Crippen LogP contribution in [0.1, 0.15) is 71.0 Å². The minimum Gasteiger partial charge on any atom is -0.491 e. The van der Waals surface area contributed by atoms with Gasteiger partial charge < -0.3 is 39.0 Å². The fourth-order valence-corrected chi connectivity index (χ4v) is 12.5. The summed E-state index contributed by atoms with van der Waals surface area (Å²) in [4.78, 5) is 87.4. The Labute approximate surface area is 477 Å². The summed E-state index contributed by atoms with van der Waals surface area (Å²) in [6.45, 7) is 6.46. The number of morpholine rings is 1. The van der Waals surface area contributed by atoms with E-state index in [2.05, 4.69) is 39.1 Å². The second-order valence-corrected chi connectivity index (χ2v) is 21.7. The van der Waals surface area contributed by atoms with Gasteiger partial charge in [-0.15, -0.1) is 0 Å². The summed E-state index contributed by atoms with van der Waals surface area (Å²) in [7, 11) is 3.21. The summed E-state index contributed by atoms with van der Waals surface area (Å²) in [6, 6.07) is 41.7. The van der Waals surface area contributed by atoms with E-state index in [9.17, 15) is 9.90 Å². The van der Waals surface area contributed by atoms with Crippen LogP contribution in [0.15, 0.2) is 152 Å². The minimum absolute atomic E-state index is 0.0207. The maximum atomic E-state index is 17.1. The lowest BCUT2D eigenvalue weighted by Gasteiger charge is -2.46. The lowest BCUT2D eigenvalue weighted by molar-refractivity contribution is -0.179. The molecule has 5 heterocycles. The first-order valence-corrected chi connectivity index (χ1v) is 27.8. The van der Waals surface area contributed by atoms with E-state index >= 15 is 19.2 Å². The van der Waals surface area contributed by atoms with Crippen LogP contribution in [-0.4, -0.2) is 133 Å². The van der Waals surface area contributed by atoms with Crippen molar-refractivity contribution in [3.8, 4) is 29.1 Å². The summed E-state index contributed by atoms with van der Waals surface area (Å²) in [6.07, 6.45) is -0.944. The number of cyclic esters (lactones) is 1. The van der Waals surface area contributed by atoms with Crippen molar-refractivity contribution < 1.29 is 52.8 Å². The lowest BCUT2D eigenvalue weighted by atomic mass is 9.64. The zero-order chi connectivity index (χ0) is 57.1. The number of amides is 4. The molecule has 5 aliphatic heterocycles. The number of hydrogen-bond donors (Lipinski definition) is 2. The molecule has 7 atom stereocenters. The standard InChI is InChI=1S/C65H66N6O11/c1-42(2)55(61(74)78-4)66-64(77)70-51-28-22-43(17-14-30-67(3)39-44-15-8-5-9-16-44)37-50(51)65(63(70)76)54(60(73)69-33-31-68(32-34-69)40-45-23-29-52-53(38-45)81-41-80-52)57-62(75)82-58(47-20-12-7-13-21-47)56(46-18-10-6-11-19-46)71(57)59(65)48-24-26-49(27-25-48)79-36-35-72/h5-13,15-16,18-29,37-38,42,54-59,72H,30-36,39-41H2,1-4H3,(H,66,77)/t54-,55-,56-,57-,58+,59+,65-/m0/s1. The van der Waals surface area contributed by atoms with Crippen LogP contribution in [0.4, 0.5) is 10.5 Å². The predicted molar refractivity (Wildman–Crippen MR) is 304 cm³/mol. The molecule has 422 valence electrons. The quantitative estimate of drug-likeness (QED) is 0.0780. The largest absolute Gasteiger partial charge is 0.491 e. The van der Waals surface area contributed by atoms with Gasteiger partial charge in [-0.2, -0.15) is 0 Å². The molecule has 3 saturated heterocycles. The molecule has 17 heteroatoms. The SMILES string of the molecule is COC(=O)[C@@H](NC(=O)N1C(=O)[C@@]2(c3cc(C#CCN(C)Cc4ccccc4)ccc31)[C@H](C(=O)N1CCN(Cc3ccc4c(c3)OCO4)CC1)[C@H]1C(=O)O[C@H](c3ccccc3)[C@H](c3ccccc3)N1[C@@H]2c1ccc(OCCO)cc1)C(C)C. The van der Waals surface area contributed by atoms with E-state index < -0.39 is 77.3 Å². The fourth-order valence-electron chi connectivity index (χ4n) is 12.5. The highest BCUT2D eigenvalue weighted by molar-refractivity contribution is 6.25. The number of imide groups is 1. The number of hydrogen-bond acceptors (Lipinski definition) is 14. The zero-order valence-corrected chi connectivity index (χ0v) is 46.3. The molecule has 6 aromatic rings. The number of methoxy groups -OCH3 is 1. The normalized spacial score (nSPS) is 22.3. The number of nitrogens with zero attached hydrogens (tertiary/aromatic N) is 5. The third-order valence-corrected chi connectivity index (χ3v) is 16.3. The number of ether oxygens (including phenoxy) is 5. The van der Waals surface area contributed by atoms with Crippen LogP contribution in [-0.2, 0) is 47.2 Å². The summed E-state index contributed by atoms with van der Waals surface area (Å²) < 4.78 is 29.1. The Morgan fingerprint density at radius 2 is 1.46 bits per heavy atom. The first-order valence-electron chi connectivity index (χ1n) is 27.8. The first kappa shape index (κ1) is 55.4. The Balaban J connectivity index is 1.11. The molecule has 6 aromatic carbocycles. The van der Waals surface area contributed by atoms with E-state index in [1.54, 1.807) is 49.1 Å². The van der Waals surface area contributed by atoms with Gasteiger partial charge in [0, 0.05) is 44.8 Å². The average molecular weight is 1110 g/mol. The molecular formula is C65H66N6O11. The molecule has 0 aliphatic carbocycles. The third kappa shape index (κ3) is 10.5. The number of nitrogens with one attached hydrogen (secondary N) is 1. The first-order chi connectivity index (χ1) is 39.9. The van der Waals surface area contributed by atoms with Crippen molar-refractivity contribution in [2.45, 2.75) is 62.6 Å². The van der Waals surface area contributed by atoms with Gasteiger partial charge in [0.25, 0.3) is 0 Å². The van der Waals surface area contributed by atoms with E-state index in [1.807, 2.05) is 121 Å². The van der Waals surface area contributed by atoms with E-state index in [1.165, 1.54) is 7.11 Å². The summed E-state index contributed by atoms with van der Waals surface area (Å²) in [5.74, 6) is 3.79. The number of anilines is 1. The van der Waals surface area contributed by atoms with Gasteiger partial charge >= 0.3 is 18.0 Å². The van der Waals surface area contributed by atoms with Gasteiger partial charge in [-0.1, -0.05) is 135 Å². The third-order valence-electron chi connectivity index (χ3n) is 16.3. The molecule has 0 unspecified atom stereocenters. The Morgan fingerprint density at radius 1 is 0.780 bits per heavy atom. The second-order valence-electron chi connectivity index (χ2n) is 21.7. The van der Waals surface area contributed by atoms with E-state index in [4.69, 9.17) is 23.7 Å². The number of carbonyl (C=O) groups excluding carboxylic acids is 5. The number of esters is 2. The number of rotatable bonds is 15. The Morgan fingerprint density at radius 3 is 2.15 bits per heavy atom. The van der Waals surface area contributed by atoms with Gasteiger partial charge in [0.2, 0.25) is 18.6 Å². The topological polar surface area (TPSA) is 180 Å². The molecule has 0 radical (unpaired) electrons. The molecule has 4 amide bonds. The van der Waals surface area contributed by atoms with Gasteiger partial charge in [-0.05, 0) is 88.8 Å². The van der Waals surface area contributed by atoms with Crippen LogP contribution in [0.2, 0.25) is 0 Å². The molecule has 0 bridgehead atoms. The molecule has 11 rings (SSSR count). The van der Waals surface area contributed by atoms with Crippen LogP contribution in [0.25, 0.3) is 0 Å². The minimum atomic E-state index is -2.08. The molecule has 1 spiro atoms. The van der Waals surface area contributed by atoms with E-state index in [-0.39, 0.29) is 38.8 Å².